The first-order chi connectivity index (χ1) is 9.10. The molecule has 5 N–H and O–H groups in total. The molecule has 0 amide bonds. The molecule has 6 heteroatoms. The number of benzene rings is 1. The summed E-state index contributed by atoms with van der Waals surface area (Å²) in [6.07, 6.45) is 3.98. The SMILES string of the molecule is NNC(Cc1cnccc1N)c1cc(Cl)cc(Cl)c1. The molecule has 0 spiro atoms. The quantitative estimate of drug-likeness (QED) is 0.599. The van der Waals surface area contributed by atoms with Gasteiger partial charge < -0.3 is 5.73 Å². The van der Waals surface area contributed by atoms with Crippen molar-refractivity contribution in [1.82, 2.24) is 10.4 Å². The molecular weight excluding hydrogens is 283 g/mol. The van der Waals surface area contributed by atoms with Crippen molar-refractivity contribution in [3.8, 4) is 0 Å². The smallest absolute Gasteiger partial charge is 0.0502 e. The Balaban J connectivity index is 2.28. The van der Waals surface area contributed by atoms with Gasteiger partial charge in [-0.25, -0.2) is 0 Å². The van der Waals surface area contributed by atoms with Crippen LogP contribution in [-0.4, -0.2) is 4.98 Å². The number of nitrogens with one attached hydrogen (secondary N) is 1. The Morgan fingerprint density at radius 1 is 1.21 bits per heavy atom. The van der Waals surface area contributed by atoms with E-state index in [0.717, 1.165) is 11.1 Å². The number of nitrogens with two attached hydrogens (primary N) is 2. The maximum absolute atomic E-state index is 6.00. The molecule has 1 aromatic heterocycles. The number of hydrazine groups is 1. The van der Waals surface area contributed by atoms with E-state index in [9.17, 15) is 0 Å². The van der Waals surface area contributed by atoms with Gasteiger partial charge in [0.15, 0.2) is 0 Å². The Morgan fingerprint density at radius 3 is 2.47 bits per heavy atom. The zero-order valence-electron chi connectivity index (χ0n) is 10.1. The minimum Gasteiger partial charge on any atom is -0.398 e. The lowest BCUT2D eigenvalue weighted by Crippen LogP contribution is -2.29. The highest BCUT2D eigenvalue weighted by atomic mass is 35.5. The van der Waals surface area contributed by atoms with Crippen LogP contribution in [0.3, 0.4) is 0 Å². The second kappa shape index (κ2) is 6.21. The van der Waals surface area contributed by atoms with Crippen molar-refractivity contribution in [2.24, 2.45) is 5.84 Å². The van der Waals surface area contributed by atoms with E-state index < -0.39 is 0 Å². The molecule has 1 aromatic carbocycles. The van der Waals surface area contributed by atoms with Crippen molar-refractivity contribution in [1.29, 1.82) is 0 Å². The first-order valence-corrected chi connectivity index (χ1v) is 6.46. The van der Waals surface area contributed by atoms with Crippen molar-refractivity contribution < 1.29 is 0 Å². The number of hydrogen-bond acceptors (Lipinski definition) is 4. The summed E-state index contributed by atoms with van der Waals surface area (Å²) in [7, 11) is 0. The van der Waals surface area contributed by atoms with E-state index in [0.29, 0.717) is 22.2 Å². The molecule has 0 saturated heterocycles. The molecule has 100 valence electrons. The van der Waals surface area contributed by atoms with Crippen LogP contribution in [0.4, 0.5) is 5.69 Å². The van der Waals surface area contributed by atoms with Crippen LogP contribution >= 0.6 is 23.2 Å². The molecule has 0 bridgehead atoms. The molecule has 0 aliphatic heterocycles. The van der Waals surface area contributed by atoms with Gasteiger partial charge in [-0.1, -0.05) is 23.2 Å². The summed E-state index contributed by atoms with van der Waals surface area (Å²) in [6.45, 7) is 0. The van der Waals surface area contributed by atoms with Gasteiger partial charge in [-0.15, -0.1) is 0 Å². The molecular formula is C13H14Cl2N4. The number of halogens is 2. The number of anilines is 1. The third-order valence-corrected chi connectivity index (χ3v) is 3.29. The highest BCUT2D eigenvalue weighted by Gasteiger charge is 2.13. The van der Waals surface area contributed by atoms with Crippen LogP contribution in [-0.2, 0) is 6.42 Å². The van der Waals surface area contributed by atoms with E-state index in [1.807, 2.05) is 12.1 Å². The van der Waals surface area contributed by atoms with E-state index in [1.165, 1.54) is 0 Å². The molecule has 1 heterocycles. The lowest BCUT2D eigenvalue weighted by molar-refractivity contribution is 0.552. The number of pyridine rings is 1. The van der Waals surface area contributed by atoms with Crippen molar-refractivity contribution in [3.05, 3.63) is 57.8 Å². The van der Waals surface area contributed by atoms with Crippen molar-refractivity contribution in [3.63, 3.8) is 0 Å². The maximum atomic E-state index is 6.00. The van der Waals surface area contributed by atoms with Gasteiger partial charge >= 0.3 is 0 Å². The first kappa shape index (κ1) is 14.1. The predicted octanol–water partition coefficient (Wildman–Crippen LogP) is 2.72. The molecule has 4 nitrogen and oxygen atoms in total. The Hall–Kier alpha value is -1.33. The van der Waals surface area contributed by atoms with Crippen LogP contribution in [0.2, 0.25) is 10.0 Å². The average molecular weight is 297 g/mol. The second-order valence-electron chi connectivity index (χ2n) is 4.20. The molecule has 1 atom stereocenters. The predicted molar refractivity (Wildman–Crippen MR) is 78.9 cm³/mol. The molecule has 0 saturated carbocycles. The fraction of sp³-hybridized carbons (Fsp3) is 0.154. The first-order valence-electron chi connectivity index (χ1n) is 5.70. The zero-order valence-corrected chi connectivity index (χ0v) is 11.6. The highest BCUT2D eigenvalue weighted by Crippen LogP contribution is 2.26. The monoisotopic (exact) mass is 296 g/mol. The maximum Gasteiger partial charge on any atom is 0.0502 e. The summed E-state index contributed by atoms with van der Waals surface area (Å²) in [5.74, 6) is 5.61. The minimum atomic E-state index is -0.136. The zero-order chi connectivity index (χ0) is 13.8. The van der Waals surface area contributed by atoms with Gasteiger partial charge in [-0.3, -0.25) is 16.3 Å². The van der Waals surface area contributed by atoms with E-state index in [2.05, 4.69) is 10.4 Å². The fourth-order valence-corrected chi connectivity index (χ4v) is 2.42. The average Bonchev–Trinajstić information content (AvgIpc) is 2.36. The molecule has 0 radical (unpaired) electrons. The standard InChI is InChI=1S/C13H14Cl2N4/c14-10-3-8(4-11(15)6-10)13(19-17)5-9-7-18-2-1-12(9)16/h1-4,6-7,13,19H,5,17H2,(H2,16,18). The van der Waals surface area contributed by atoms with Gasteiger partial charge in [0, 0.05) is 28.1 Å². The van der Waals surface area contributed by atoms with Gasteiger partial charge in [0.2, 0.25) is 0 Å². The van der Waals surface area contributed by atoms with Crippen molar-refractivity contribution in [2.45, 2.75) is 12.5 Å². The van der Waals surface area contributed by atoms with E-state index >= 15 is 0 Å². The number of aromatic nitrogens is 1. The molecule has 2 aromatic rings. The van der Waals surface area contributed by atoms with Gasteiger partial charge in [0.1, 0.15) is 0 Å². The van der Waals surface area contributed by atoms with Crippen LogP contribution in [0.1, 0.15) is 17.2 Å². The summed E-state index contributed by atoms with van der Waals surface area (Å²) in [6, 6.07) is 6.95. The van der Waals surface area contributed by atoms with Crippen LogP contribution in [0.15, 0.2) is 36.7 Å². The number of nitrogens with zero attached hydrogens (tertiary/aromatic N) is 1. The molecule has 2 rings (SSSR count). The molecule has 0 aliphatic rings. The largest absolute Gasteiger partial charge is 0.398 e. The van der Waals surface area contributed by atoms with Crippen LogP contribution in [0, 0.1) is 0 Å². The lowest BCUT2D eigenvalue weighted by Gasteiger charge is -2.18. The summed E-state index contributed by atoms with van der Waals surface area (Å²) < 4.78 is 0. The van der Waals surface area contributed by atoms with Gasteiger partial charge in [-0.2, -0.15) is 0 Å². The lowest BCUT2D eigenvalue weighted by atomic mass is 9.99. The van der Waals surface area contributed by atoms with Crippen molar-refractivity contribution in [2.75, 3.05) is 5.73 Å². The molecule has 19 heavy (non-hydrogen) atoms. The van der Waals surface area contributed by atoms with Crippen molar-refractivity contribution >= 4 is 28.9 Å². The Kier molecular flexibility index (Phi) is 4.61. The number of nitrogen functional groups attached to an aromatic ring is 1. The van der Waals surface area contributed by atoms with Crippen LogP contribution < -0.4 is 17.0 Å². The van der Waals surface area contributed by atoms with Gasteiger partial charge in [-0.05, 0) is 41.8 Å². The van der Waals surface area contributed by atoms with Gasteiger partial charge in [0.25, 0.3) is 0 Å². The highest BCUT2D eigenvalue weighted by molar-refractivity contribution is 6.34. The minimum absolute atomic E-state index is 0.136. The topological polar surface area (TPSA) is 77.0 Å². The van der Waals surface area contributed by atoms with Crippen LogP contribution in [0.5, 0.6) is 0 Å². The molecule has 0 aliphatic carbocycles. The fourth-order valence-electron chi connectivity index (χ4n) is 1.88. The number of rotatable bonds is 4. The summed E-state index contributed by atoms with van der Waals surface area (Å²) in [4.78, 5) is 4.06. The third-order valence-electron chi connectivity index (χ3n) is 2.85. The van der Waals surface area contributed by atoms with E-state index in [4.69, 9.17) is 34.8 Å². The summed E-state index contributed by atoms with van der Waals surface area (Å²) in [5, 5.41) is 1.14. The molecule has 1 unspecified atom stereocenters. The Labute approximate surface area is 121 Å². The third kappa shape index (κ3) is 3.58. The second-order valence-corrected chi connectivity index (χ2v) is 5.07. The summed E-state index contributed by atoms with van der Waals surface area (Å²) >= 11 is 12.0. The van der Waals surface area contributed by atoms with Gasteiger partial charge in [0.05, 0.1) is 6.04 Å². The van der Waals surface area contributed by atoms with E-state index in [1.54, 1.807) is 24.5 Å². The Morgan fingerprint density at radius 2 is 1.89 bits per heavy atom. The molecule has 0 fully saturated rings. The number of hydrogen-bond donors (Lipinski definition) is 3. The Bertz CT molecular complexity index is 554. The summed E-state index contributed by atoms with van der Waals surface area (Å²) in [5.41, 5.74) is 11.2. The van der Waals surface area contributed by atoms with E-state index in [-0.39, 0.29) is 6.04 Å². The normalized spacial score (nSPS) is 12.4. The van der Waals surface area contributed by atoms with Crippen LogP contribution in [0.25, 0.3) is 0 Å².